The Morgan fingerprint density at radius 1 is 1.36 bits per heavy atom. The largest absolute Gasteiger partial charge is 0.381 e. The summed E-state index contributed by atoms with van der Waals surface area (Å²) >= 11 is 0. The number of rotatable bonds is 4. The Morgan fingerprint density at radius 3 is 2.88 bits per heavy atom. The topological polar surface area (TPSA) is 65.4 Å². The third-order valence-corrected chi connectivity index (χ3v) is 5.02. The summed E-state index contributed by atoms with van der Waals surface area (Å²) in [5.74, 6) is -0.289. The summed E-state index contributed by atoms with van der Waals surface area (Å²) in [7, 11) is 0. The number of carbonyl (C=O) groups is 1. The van der Waals surface area contributed by atoms with Gasteiger partial charge < -0.3 is 10.1 Å². The summed E-state index contributed by atoms with van der Waals surface area (Å²) in [6, 6.07) is 6.73. The minimum Gasteiger partial charge on any atom is -0.381 e. The summed E-state index contributed by atoms with van der Waals surface area (Å²) in [6.07, 6.45) is 3.56. The second kappa shape index (κ2) is 8.41. The Morgan fingerprint density at radius 2 is 2.16 bits per heavy atom. The van der Waals surface area contributed by atoms with E-state index in [-0.39, 0.29) is 23.7 Å². The van der Waals surface area contributed by atoms with E-state index in [1.807, 2.05) is 6.07 Å². The van der Waals surface area contributed by atoms with E-state index < -0.39 is 0 Å². The first kappa shape index (κ1) is 17.8. The predicted octanol–water partition coefficient (Wildman–Crippen LogP) is 2.20. The molecule has 2 fully saturated rings. The van der Waals surface area contributed by atoms with Crippen molar-refractivity contribution in [3.8, 4) is 6.07 Å². The van der Waals surface area contributed by atoms with Crippen molar-refractivity contribution in [2.75, 3.05) is 26.3 Å². The number of piperidine rings is 1. The number of hydrogen-bond donors (Lipinski definition) is 1. The highest BCUT2D eigenvalue weighted by Gasteiger charge is 2.28. The normalized spacial score (nSPS) is 22.3. The molecule has 1 amide bonds. The quantitative estimate of drug-likeness (QED) is 0.909. The average Bonchev–Trinajstić information content (AvgIpc) is 2.64. The lowest BCUT2D eigenvalue weighted by molar-refractivity contribution is -0.128. The van der Waals surface area contributed by atoms with Gasteiger partial charge in [-0.25, -0.2) is 4.39 Å². The number of halogens is 1. The number of amides is 1. The van der Waals surface area contributed by atoms with E-state index in [9.17, 15) is 9.18 Å². The SMILES string of the molecule is N#Cc1ccc(CN2CCCC(C(=O)NC3CCOCC3)C2)c(F)c1. The van der Waals surface area contributed by atoms with Crippen molar-refractivity contribution >= 4 is 5.91 Å². The van der Waals surface area contributed by atoms with Gasteiger partial charge in [-0.3, -0.25) is 9.69 Å². The summed E-state index contributed by atoms with van der Waals surface area (Å²) in [5, 5.41) is 12.0. The van der Waals surface area contributed by atoms with Crippen LogP contribution >= 0.6 is 0 Å². The molecule has 6 heteroatoms. The van der Waals surface area contributed by atoms with Gasteiger partial charge in [-0.1, -0.05) is 6.07 Å². The Kier molecular flexibility index (Phi) is 6.00. The number of benzene rings is 1. The van der Waals surface area contributed by atoms with Crippen molar-refractivity contribution in [2.45, 2.75) is 38.3 Å². The van der Waals surface area contributed by atoms with Gasteiger partial charge in [0.05, 0.1) is 17.6 Å². The molecule has 0 radical (unpaired) electrons. The van der Waals surface area contributed by atoms with Crippen LogP contribution in [-0.4, -0.2) is 43.2 Å². The zero-order valence-corrected chi connectivity index (χ0v) is 14.3. The Hall–Kier alpha value is -1.97. The second-order valence-corrected chi connectivity index (χ2v) is 6.89. The van der Waals surface area contributed by atoms with Crippen molar-refractivity contribution in [3.05, 3.63) is 35.1 Å². The summed E-state index contributed by atoms with van der Waals surface area (Å²) in [4.78, 5) is 14.7. The van der Waals surface area contributed by atoms with Crippen LogP contribution in [0.1, 0.15) is 36.8 Å². The van der Waals surface area contributed by atoms with E-state index in [2.05, 4.69) is 10.2 Å². The fraction of sp³-hybridized carbons (Fsp3) is 0.579. The number of ether oxygens (including phenoxy) is 1. The number of likely N-dealkylation sites (tertiary alicyclic amines) is 1. The number of hydrogen-bond acceptors (Lipinski definition) is 4. The van der Waals surface area contributed by atoms with Crippen molar-refractivity contribution < 1.29 is 13.9 Å². The van der Waals surface area contributed by atoms with Crippen LogP contribution in [0.4, 0.5) is 4.39 Å². The molecule has 1 N–H and O–H groups in total. The Labute approximate surface area is 147 Å². The molecular weight excluding hydrogens is 321 g/mol. The van der Waals surface area contributed by atoms with Crippen LogP contribution in [0.3, 0.4) is 0 Å². The first-order valence-electron chi connectivity index (χ1n) is 8.94. The Bertz CT molecular complexity index is 653. The molecule has 2 aliphatic heterocycles. The fourth-order valence-electron chi connectivity index (χ4n) is 3.56. The van der Waals surface area contributed by atoms with E-state index >= 15 is 0 Å². The summed E-state index contributed by atoms with van der Waals surface area (Å²) in [5.41, 5.74) is 0.901. The minimum atomic E-state index is -0.354. The van der Waals surface area contributed by atoms with Gasteiger partial charge in [0.1, 0.15) is 5.82 Å². The van der Waals surface area contributed by atoms with Gasteiger partial charge in [-0.2, -0.15) is 5.26 Å². The zero-order chi connectivity index (χ0) is 17.6. The third kappa shape index (κ3) is 4.77. The lowest BCUT2D eigenvalue weighted by Gasteiger charge is -2.33. The van der Waals surface area contributed by atoms with Crippen molar-refractivity contribution in [1.82, 2.24) is 10.2 Å². The van der Waals surface area contributed by atoms with Gasteiger partial charge in [0.25, 0.3) is 0 Å². The molecule has 2 saturated heterocycles. The van der Waals surface area contributed by atoms with Gasteiger partial charge in [0.15, 0.2) is 0 Å². The molecule has 2 heterocycles. The van der Waals surface area contributed by atoms with Crippen LogP contribution in [0.5, 0.6) is 0 Å². The highest BCUT2D eigenvalue weighted by molar-refractivity contribution is 5.79. The number of nitrogens with one attached hydrogen (secondary N) is 1. The summed E-state index contributed by atoms with van der Waals surface area (Å²) < 4.78 is 19.4. The van der Waals surface area contributed by atoms with Crippen LogP contribution in [-0.2, 0) is 16.1 Å². The van der Waals surface area contributed by atoms with Crippen molar-refractivity contribution in [3.63, 3.8) is 0 Å². The van der Waals surface area contributed by atoms with Gasteiger partial charge >= 0.3 is 0 Å². The highest BCUT2D eigenvalue weighted by atomic mass is 19.1. The monoisotopic (exact) mass is 345 g/mol. The lowest BCUT2D eigenvalue weighted by atomic mass is 9.95. The van der Waals surface area contributed by atoms with E-state index in [1.165, 1.54) is 6.07 Å². The molecule has 1 aromatic carbocycles. The molecule has 25 heavy (non-hydrogen) atoms. The number of nitrogens with zero attached hydrogens (tertiary/aromatic N) is 2. The average molecular weight is 345 g/mol. The second-order valence-electron chi connectivity index (χ2n) is 6.89. The minimum absolute atomic E-state index is 0.0435. The first-order chi connectivity index (χ1) is 12.2. The lowest BCUT2D eigenvalue weighted by Crippen LogP contribution is -2.47. The van der Waals surface area contributed by atoms with Crippen LogP contribution in [0, 0.1) is 23.1 Å². The molecule has 0 aromatic heterocycles. The molecular formula is C19H24FN3O2. The maximum absolute atomic E-state index is 14.1. The Balaban J connectivity index is 1.55. The molecule has 0 saturated carbocycles. The molecule has 3 rings (SSSR count). The molecule has 0 spiro atoms. The maximum Gasteiger partial charge on any atom is 0.224 e. The van der Waals surface area contributed by atoms with Gasteiger partial charge in [-0.05, 0) is 44.4 Å². The van der Waals surface area contributed by atoms with Gasteiger partial charge in [-0.15, -0.1) is 0 Å². The molecule has 134 valence electrons. The first-order valence-corrected chi connectivity index (χ1v) is 8.94. The van der Waals surface area contributed by atoms with Crippen molar-refractivity contribution in [2.24, 2.45) is 5.92 Å². The fourth-order valence-corrected chi connectivity index (χ4v) is 3.56. The van der Waals surface area contributed by atoms with Gasteiger partial charge in [0.2, 0.25) is 5.91 Å². The summed E-state index contributed by atoms with van der Waals surface area (Å²) in [6.45, 7) is 3.40. The van der Waals surface area contributed by atoms with Crippen LogP contribution in [0.2, 0.25) is 0 Å². The molecule has 1 atom stereocenters. The van der Waals surface area contributed by atoms with E-state index in [1.54, 1.807) is 12.1 Å². The highest BCUT2D eigenvalue weighted by Crippen LogP contribution is 2.21. The van der Waals surface area contributed by atoms with Crippen LogP contribution in [0.25, 0.3) is 0 Å². The van der Waals surface area contributed by atoms with Crippen molar-refractivity contribution in [1.29, 1.82) is 5.26 Å². The van der Waals surface area contributed by atoms with E-state index in [0.29, 0.717) is 37.4 Å². The zero-order valence-electron chi connectivity index (χ0n) is 14.3. The van der Waals surface area contributed by atoms with Crippen LogP contribution < -0.4 is 5.32 Å². The van der Waals surface area contributed by atoms with Crippen LogP contribution in [0.15, 0.2) is 18.2 Å². The maximum atomic E-state index is 14.1. The molecule has 5 nitrogen and oxygen atoms in total. The standard InChI is InChI=1S/C19H24FN3O2/c20-18-10-14(11-21)3-4-15(18)12-23-7-1-2-16(13-23)19(24)22-17-5-8-25-9-6-17/h3-4,10,16-17H,1-2,5-9,12-13H2,(H,22,24). The number of carbonyl (C=O) groups excluding carboxylic acids is 1. The molecule has 1 aromatic rings. The van der Waals surface area contributed by atoms with Gasteiger partial charge in [0, 0.05) is 37.9 Å². The molecule has 0 aliphatic carbocycles. The van der Waals surface area contributed by atoms with E-state index in [4.69, 9.17) is 10.00 Å². The predicted molar refractivity (Wildman–Crippen MR) is 91.1 cm³/mol. The molecule has 1 unspecified atom stereocenters. The smallest absolute Gasteiger partial charge is 0.224 e. The molecule has 0 bridgehead atoms. The third-order valence-electron chi connectivity index (χ3n) is 5.02. The number of nitriles is 1. The molecule has 2 aliphatic rings. The van der Waals surface area contributed by atoms with E-state index in [0.717, 1.165) is 32.2 Å².